The lowest BCUT2D eigenvalue weighted by Crippen LogP contribution is -2.41. The van der Waals surface area contributed by atoms with E-state index in [4.69, 9.17) is 0 Å². The van der Waals surface area contributed by atoms with E-state index in [2.05, 4.69) is 4.98 Å². The maximum atomic E-state index is 14.2. The van der Waals surface area contributed by atoms with Crippen LogP contribution in [0, 0.1) is 5.82 Å². The number of benzene rings is 1. The first-order valence-corrected chi connectivity index (χ1v) is 6.69. The number of hydrogen-bond acceptors (Lipinski definition) is 2. The lowest BCUT2D eigenvalue weighted by atomic mass is 9.70. The molecular formula is C11H14B6FNO. The molecule has 2 rings (SSSR count). The fourth-order valence-electron chi connectivity index (χ4n) is 2.39. The fraction of sp³-hybridized carbons (Fsp3) is 0. The molecule has 2 aromatic rings. The first-order chi connectivity index (χ1) is 9.25. The molecule has 0 saturated carbocycles. The van der Waals surface area contributed by atoms with Gasteiger partial charge in [0.2, 0.25) is 0 Å². The van der Waals surface area contributed by atoms with Gasteiger partial charge >= 0.3 is 0 Å². The summed E-state index contributed by atoms with van der Waals surface area (Å²) >= 11 is 0. The average Bonchev–Trinajstić information content (AvgIpc) is 2.42. The molecule has 0 radical (unpaired) electrons. The third-order valence-corrected chi connectivity index (χ3v) is 4.22. The van der Waals surface area contributed by atoms with E-state index in [1.807, 2.05) is 29.6 Å². The molecule has 0 unspecified atom stereocenters. The van der Waals surface area contributed by atoms with E-state index in [0.717, 1.165) is 16.4 Å². The van der Waals surface area contributed by atoms with Crippen molar-refractivity contribution in [3.8, 4) is 17.0 Å². The molecular weight excluding hydrogens is 246 g/mol. The topological polar surface area (TPSA) is 33.1 Å². The zero-order valence-corrected chi connectivity index (χ0v) is 12.8. The van der Waals surface area contributed by atoms with Crippen molar-refractivity contribution in [2.75, 3.05) is 0 Å². The maximum absolute atomic E-state index is 14.2. The van der Waals surface area contributed by atoms with Gasteiger partial charge in [-0.2, -0.15) is 0 Å². The Labute approximate surface area is 124 Å². The predicted molar refractivity (Wildman–Crippen MR) is 100 cm³/mol. The summed E-state index contributed by atoms with van der Waals surface area (Å²) in [4.78, 5) is 4.48. The second-order valence-electron chi connectivity index (χ2n) is 5.45. The second-order valence-corrected chi connectivity index (χ2v) is 5.45. The van der Waals surface area contributed by atoms with Crippen molar-refractivity contribution in [3.05, 3.63) is 11.9 Å². The molecule has 0 saturated heterocycles. The number of phenolic OH excluding ortho intramolecular Hbond substituents is 1. The molecule has 1 heterocycles. The van der Waals surface area contributed by atoms with Gasteiger partial charge in [0, 0.05) is 5.56 Å². The van der Waals surface area contributed by atoms with Crippen molar-refractivity contribution in [2.24, 2.45) is 0 Å². The highest BCUT2D eigenvalue weighted by Crippen LogP contribution is 2.22. The lowest BCUT2D eigenvalue weighted by molar-refractivity contribution is 0.482. The van der Waals surface area contributed by atoms with Gasteiger partial charge in [-0.25, -0.2) is 4.39 Å². The van der Waals surface area contributed by atoms with E-state index < -0.39 is 0 Å². The number of phenols is 1. The summed E-state index contributed by atoms with van der Waals surface area (Å²) < 4.78 is 14.2. The summed E-state index contributed by atoms with van der Waals surface area (Å²) in [5.41, 5.74) is 5.75. The number of halogens is 1. The lowest BCUT2D eigenvalue weighted by Gasteiger charge is -2.17. The summed E-state index contributed by atoms with van der Waals surface area (Å²) in [6.07, 6.45) is 0. The van der Waals surface area contributed by atoms with Crippen LogP contribution in [0.1, 0.15) is 0 Å². The van der Waals surface area contributed by atoms with Crippen LogP contribution in [-0.2, 0) is 0 Å². The number of aromatic nitrogens is 1. The molecule has 1 N–H and O–H groups in total. The minimum absolute atomic E-state index is 0.186. The molecule has 0 aliphatic rings. The molecule has 94 valence electrons. The number of rotatable bonds is 1. The van der Waals surface area contributed by atoms with Gasteiger partial charge in [0.15, 0.2) is 7.85 Å². The van der Waals surface area contributed by atoms with Gasteiger partial charge in [0.05, 0.1) is 5.69 Å². The summed E-state index contributed by atoms with van der Waals surface area (Å²) in [6, 6.07) is 1.88. The van der Waals surface area contributed by atoms with Crippen molar-refractivity contribution in [2.45, 2.75) is 0 Å². The minimum Gasteiger partial charge on any atom is -0.508 e. The Morgan fingerprint density at radius 1 is 0.900 bits per heavy atom. The van der Waals surface area contributed by atoms with Gasteiger partial charge in [0.1, 0.15) is 50.8 Å². The van der Waals surface area contributed by atoms with Crippen molar-refractivity contribution in [3.63, 3.8) is 0 Å². The number of hydrogen-bond donors (Lipinski definition) is 1. The molecule has 0 spiro atoms. The molecule has 0 aliphatic carbocycles. The average molecular weight is 260 g/mol. The van der Waals surface area contributed by atoms with Gasteiger partial charge in [-0.3, -0.25) is 4.98 Å². The molecule has 2 nitrogen and oxygen atoms in total. The Morgan fingerprint density at radius 3 is 2.10 bits per heavy atom. The Balaban J connectivity index is 2.83. The normalized spacial score (nSPS) is 10.7. The van der Waals surface area contributed by atoms with Gasteiger partial charge in [-0.1, -0.05) is 22.5 Å². The van der Waals surface area contributed by atoms with Crippen molar-refractivity contribution in [1.82, 2.24) is 4.98 Å². The predicted octanol–water partition coefficient (Wildman–Crippen LogP) is -7.86. The van der Waals surface area contributed by atoms with Crippen LogP contribution in [0.5, 0.6) is 5.75 Å². The van der Waals surface area contributed by atoms with E-state index >= 15 is 0 Å². The molecule has 0 fully saturated rings. The van der Waals surface area contributed by atoms with Gasteiger partial charge < -0.3 is 5.11 Å². The van der Waals surface area contributed by atoms with Crippen molar-refractivity contribution < 1.29 is 9.50 Å². The van der Waals surface area contributed by atoms with Gasteiger partial charge in [-0.15, -0.1) is 0 Å². The van der Waals surface area contributed by atoms with Crippen LogP contribution in [-0.4, -0.2) is 57.2 Å². The molecule has 1 aromatic heterocycles. The molecule has 0 atom stereocenters. The number of aromatic hydroxyl groups is 1. The Kier molecular flexibility index (Phi) is 3.81. The Bertz CT molecular complexity index is 660. The fourth-order valence-corrected chi connectivity index (χ4v) is 2.39. The van der Waals surface area contributed by atoms with Crippen LogP contribution in [0.25, 0.3) is 11.3 Å². The monoisotopic (exact) mass is 261 g/mol. The van der Waals surface area contributed by atoms with Crippen LogP contribution in [0.4, 0.5) is 4.39 Å². The molecule has 9 heteroatoms. The Hall–Kier alpha value is -1.51. The third-order valence-electron chi connectivity index (χ3n) is 4.22. The second kappa shape index (κ2) is 5.12. The van der Waals surface area contributed by atoms with Crippen molar-refractivity contribution in [1.29, 1.82) is 0 Å². The van der Waals surface area contributed by atoms with Crippen LogP contribution in [0.2, 0.25) is 0 Å². The highest BCUT2D eigenvalue weighted by molar-refractivity contribution is 6.58. The highest BCUT2D eigenvalue weighted by Gasteiger charge is 2.17. The smallest absolute Gasteiger partial charge is 0.163 e. The molecule has 0 amide bonds. The van der Waals surface area contributed by atoms with E-state index in [1.165, 1.54) is 0 Å². The van der Waals surface area contributed by atoms with E-state index in [0.29, 0.717) is 27.8 Å². The van der Waals surface area contributed by atoms with Gasteiger partial charge in [-0.05, 0) is 16.5 Å². The Morgan fingerprint density at radius 2 is 1.50 bits per heavy atom. The van der Waals surface area contributed by atoms with E-state index in [9.17, 15) is 9.50 Å². The van der Waals surface area contributed by atoms with Crippen molar-refractivity contribution >= 4 is 80.0 Å². The van der Waals surface area contributed by atoms with E-state index in [1.54, 1.807) is 23.5 Å². The quantitative estimate of drug-likeness (QED) is 0.517. The van der Waals surface area contributed by atoms with Crippen LogP contribution in [0.15, 0.2) is 6.07 Å². The maximum Gasteiger partial charge on any atom is 0.163 e. The molecule has 20 heavy (non-hydrogen) atoms. The SMILES string of the molecule is Bc1cc(-c2nc(B)c(B)c(F)c2B)c(O)c(B)c1B. The number of nitrogens with zero attached hydrogens (tertiary/aromatic N) is 1. The molecule has 0 bridgehead atoms. The van der Waals surface area contributed by atoms with Crippen LogP contribution < -0.4 is 32.9 Å². The van der Waals surface area contributed by atoms with Gasteiger partial charge in [0.25, 0.3) is 0 Å². The first-order valence-electron chi connectivity index (χ1n) is 6.69. The number of pyridine rings is 1. The summed E-state index contributed by atoms with van der Waals surface area (Å²) in [5.74, 6) is -0.0610. The zero-order valence-electron chi connectivity index (χ0n) is 12.8. The minimum atomic E-state index is -0.247. The highest BCUT2D eigenvalue weighted by atomic mass is 19.1. The van der Waals surface area contributed by atoms with E-state index in [-0.39, 0.29) is 11.6 Å². The zero-order chi connectivity index (χ0) is 15.2. The molecule has 1 aromatic carbocycles. The standard InChI is InChI=1S/C11H14B6FNO/c12-3-1-2(10(20)5(14)4(3)13)9-6(15)8(18)7(16)11(17)19-9/h1,20H,12-17H2. The van der Waals surface area contributed by atoms with Crippen LogP contribution >= 0.6 is 0 Å². The van der Waals surface area contributed by atoms with Crippen LogP contribution in [0.3, 0.4) is 0 Å². The third kappa shape index (κ3) is 2.19. The summed E-state index contributed by atoms with van der Waals surface area (Å²) in [7, 11) is 11.0. The summed E-state index contributed by atoms with van der Waals surface area (Å²) in [6.45, 7) is 0. The molecule has 0 aliphatic heterocycles. The summed E-state index contributed by atoms with van der Waals surface area (Å²) in [5, 5.41) is 10.4. The largest absolute Gasteiger partial charge is 0.508 e. The first kappa shape index (κ1) is 14.9.